The van der Waals surface area contributed by atoms with Gasteiger partial charge in [-0.2, -0.15) is 0 Å². The van der Waals surface area contributed by atoms with Crippen molar-refractivity contribution in [2.45, 2.75) is 25.9 Å². The van der Waals surface area contributed by atoms with Gasteiger partial charge in [0.05, 0.1) is 6.17 Å². The van der Waals surface area contributed by atoms with E-state index in [1.807, 2.05) is 7.05 Å². The number of aryl methyl sites for hydroxylation is 1. The zero-order valence-electron chi connectivity index (χ0n) is 8.96. The van der Waals surface area contributed by atoms with Crippen LogP contribution in [0.5, 0.6) is 0 Å². The van der Waals surface area contributed by atoms with Crippen LogP contribution in [0.15, 0.2) is 24.3 Å². The molecule has 1 aromatic carbocycles. The van der Waals surface area contributed by atoms with E-state index in [-0.39, 0.29) is 0 Å². The lowest BCUT2D eigenvalue weighted by atomic mass is 10.0. The molecule has 0 saturated heterocycles. The zero-order valence-corrected chi connectivity index (χ0v) is 8.96. The highest BCUT2D eigenvalue weighted by molar-refractivity contribution is 5.55. The summed E-state index contributed by atoms with van der Waals surface area (Å²) in [5.74, 6) is 0. The number of nitrogens with one attached hydrogen (secondary N) is 1. The number of hydrogen-bond donors (Lipinski definition) is 1. The average Bonchev–Trinajstić information content (AvgIpc) is 2.27. The Morgan fingerprint density at radius 1 is 1.36 bits per heavy atom. The topological polar surface area (TPSA) is 15.3 Å². The number of anilines is 1. The molecule has 76 valence electrons. The smallest absolute Gasteiger partial charge is 0.0764 e. The molecule has 0 spiro atoms. The van der Waals surface area contributed by atoms with Crippen LogP contribution in [0.3, 0.4) is 0 Å². The highest BCUT2D eigenvalue weighted by atomic mass is 15.3. The minimum absolute atomic E-state index is 0.427. The normalized spacial score (nSPS) is 17.7. The molecule has 1 aromatic rings. The molecular weight excluding hydrogens is 172 g/mol. The maximum Gasteiger partial charge on any atom is 0.0764 e. The molecule has 2 heteroatoms. The molecule has 2 rings (SSSR count). The van der Waals surface area contributed by atoms with E-state index in [1.54, 1.807) is 0 Å². The lowest BCUT2D eigenvalue weighted by molar-refractivity contribution is 0.538. The van der Waals surface area contributed by atoms with Gasteiger partial charge in [-0.3, -0.25) is 0 Å². The average molecular weight is 190 g/mol. The van der Waals surface area contributed by atoms with Crippen molar-refractivity contribution in [1.29, 1.82) is 0 Å². The first-order valence-corrected chi connectivity index (χ1v) is 5.34. The molecule has 1 N–H and O–H groups in total. The summed E-state index contributed by atoms with van der Waals surface area (Å²) >= 11 is 0. The second-order valence-corrected chi connectivity index (χ2v) is 3.89. The van der Waals surface area contributed by atoms with Crippen LogP contribution in [-0.4, -0.2) is 19.8 Å². The van der Waals surface area contributed by atoms with Crippen molar-refractivity contribution in [1.82, 2.24) is 5.32 Å². The summed E-state index contributed by atoms with van der Waals surface area (Å²) in [6.07, 6.45) is 2.92. The van der Waals surface area contributed by atoms with Crippen LogP contribution in [-0.2, 0) is 6.42 Å². The number of nitrogens with zero attached hydrogens (tertiary/aromatic N) is 1. The number of para-hydroxylation sites is 1. The van der Waals surface area contributed by atoms with Gasteiger partial charge in [0.25, 0.3) is 0 Å². The van der Waals surface area contributed by atoms with Crippen LogP contribution in [0.2, 0.25) is 0 Å². The maximum atomic E-state index is 3.30. The van der Waals surface area contributed by atoms with Crippen LogP contribution >= 0.6 is 0 Å². The van der Waals surface area contributed by atoms with E-state index in [2.05, 4.69) is 41.4 Å². The molecule has 0 radical (unpaired) electrons. The lowest BCUT2D eigenvalue weighted by Gasteiger charge is -2.36. The third-order valence-corrected chi connectivity index (χ3v) is 3.03. The van der Waals surface area contributed by atoms with Gasteiger partial charge in [0.2, 0.25) is 0 Å². The highest BCUT2D eigenvalue weighted by Crippen LogP contribution is 2.27. The van der Waals surface area contributed by atoms with Gasteiger partial charge in [0, 0.05) is 12.2 Å². The third kappa shape index (κ3) is 1.62. The Labute approximate surface area is 85.9 Å². The Morgan fingerprint density at radius 3 is 2.93 bits per heavy atom. The Bertz CT molecular complexity index is 309. The number of benzene rings is 1. The van der Waals surface area contributed by atoms with E-state index < -0.39 is 0 Å². The second kappa shape index (κ2) is 4.01. The molecule has 0 saturated carbocycles. The zero-order chi connectivity index (χ0) is 9.97. The third-order valence-electron chi connectivity index (χ3n) is 3.03. The van der Waals surface area contributed by atoms with Crippen molar-refractivity contribution in [3.63, 3.8) is 0 Å². The predicted octanol–water partition coefficient (Wildman–Crippen LogP) is 2.00. The van der Waals surface area contributed by atoms with Crippen molar-refractivity contribution >= 4 is 5.69 Å². The van der Waals surface area contributed by atoms with Gasteiger partial charge in [-0.25, -0.2) is 0 Å². The quantitative estimate of drug-likeness (QED) is 0.767. The van der Waals surface area contributed by atoms with Crippen LogP contribution in [0.1, 0.15) is 18.9 Å². The minimum Gasteiger partial charge on any atom is -0.356 e. The highest BCUT2D eigenvalue weighted by Gasteiger charge is 2.19. The summed E-state index contributed by atoms with van der Waals surface area (Å²) in [5, 5.41) is 3.30. The van der Waals surface area contributed by atoms with Gasteiger partial charge in [0.15, 0.2) is 0 Å². The molecule has 0 fully saturated rings. The van der Waals surface area contributed by atoms with Crippen molar-refractivity contribution in [3.8, 4) is 0 Å². The Balaban J connectivity index is 2.30. The van der Waals surface area contributed by atoms with Crippen molar-refractivity contribution in [2.24, 2.45) is 0 Å². The first-order valence-electron chi connectivity index (χ1n) is 5.34. The summed E-state index contributed by atoms with van der Waals surface area (Å²) in [4.78, 5) is 2.44. The molecule has 1 unspecified atom stereocenters. The van der Waals surface area contributed by atoms with E-state index >= 15 is 0 Å². The summed E-state index contributed by atoms with van der Waals surface area (Å²) in [5.41, 5.74) is 2.89. The Kier molecular flexibility index (Phi) is 2.73. The Morgan fingerprint density at radius 2 is 2.14 bits per heavy atom. The summed E-state index contributed by atoms with van der Waals surface area (Å²) in [7, 11) is 2.02. The fourth-order valence-corrected chi connectivity index (χ4v) is 2.12. The molecule has 1 aliphatic heterocycles. The minimum atomic E-state index is 0.427. The molecule has 2 nitrogen and oxygen atoms in total. The summed E-state index contributed by atoms with van der Waals surface area (Å²) < 4.78 is 0. The lowest BCUT2D eigenvalue weighted by Crippen LogP contribution is -2.44. The number of hydrogen-bond acceptors (Lipinski definition) is 2. The SMILES string of the molecule is CNC(C)N1CCCc2ccccc21. The molecule has 0 aromatic heterocycles. The summed E-state index contributed by atoms with van der Waals surface area (Å²) in [6, 6.07) is 8.72. The standard InChI is InChI=1S/C12H18N2/c1-10(13-2)14-9-5-7-11-6-3-4-8-12(11)14/h3-4,6,8,10,13H,5,7,9H2,1-2H3. The predicted molar refractivity (Wildman–Crippen MR) is 60.6 cm³/mol. The number of fused-ring (bicyclic) bond motifs is 1. The molecule has 14 heavy (non-hydrogen) atoms. The Hall–Kier alpha value is -1.02. The van der Waals surface area contributed by atoms with Gasteiger partial charge >= 0.3 is 0 Å². The van der Waals surface area contributed by atoms with E-state index in [0.717, 1.165) is 0 Å². The van der Waals surface area contributed by atoms with Crippen molar-refractivity contribution in [2.75, 3.05) is 18.5 Å². The second-order valence-electron chi connectivity index (χ2n) is 3.89. The van der Waals surface area contributed by atoms with E-state index in [4.69, 9.17) is 0 Å². The van der Waals surface area contributed by atoms with Crippen LogP contribution in [0.4, 0.5) is 5.69 Å². The van der Waals surface area contributed by atoms with Crippen LogP contribution in [0, 0.1) is 0 Å². The molecule has 1 atom stereocenters. The monoisotopic (exact) mass is 190 g/mol. The van der Waals surface area contributed by atoms with Gasteiger partial charge in [0.1, 0.15) is 0 Å². The molecule has 0 bridgehead atoms. The summed E-state index contributed by atoms with van der Waals surface area (Å²) in [6.45, 7) is 3.38. The van der Waals surface area contributed by atoms with Crippen molar-refractivity contribution in [3.05, 3.63) is 29.8 Å². The first kappa shape index (κ1) is 9.53. The maximum absolute atomic E-state index is 3.30. The molecule has 0 aliphatic carbocycles. The van der Waals surface area contributed by atoms with Crippen molar-refractivity contribution < 1.29 is 0 Å². The first-order chi connectivity index (χ1) is 6.83. The van der Waals surface area contributed by atoms with Crippen LogP contribution < -0.4 is 10.2 Å². The molecule has 1 heterocycles. The number of rotatable bonds is 2. The fraction of sp³-hybridized carbons (Fsp3) is 0.500. The fourth-order valence-electron chi connectivity index (χ4n) is 2.12. The van der Waals surface area contributed by atoms with E-state index in [0.29, 0.717) is 6.17 Å². The van der Waals surface area contributed by atoms with Gasteiger partial charge < -0.3 is 10.2 Å². The molecule has 1 aliphatic rings. The van der Waals surface area contributed by atoms with Gasteiger partial charge in [-0.1, -0.05) is 18.2 Å². The molecular formula is C12H18N2. The van der Waals surface area contributed by atoms with E-state index in [1.165, 1.54) is 30.6 Å². The van der Waals surface area contributed by atoms with E-state index in [9.17, 15) is 0 Å². The van der Waals surface area contributed by atoms with Gasteiger partial charge in [-0.15, -0.1) is 0 Å². The van der Waals surface area contributed by atoms with Gasteiger partial charge in [-0.05, 0) is 38.4 Å². The largest absolute Gasteiger partial charge is 0.356 e. The molecule has 0 amide bonds. The van der Waals surface area contributed by atoms with Crippen LogP contribution in [0.25, 0.3) is 0 Å².